The Bertz CT molecular complexity index is 577. The minimum atomic E-state index is -0.183. The molecule has 3 rings (SSSR count). The Morgan fingerprint density at radius 1 is 1.11 bits per heavy atom. The number of hydrogen-bond acceptors (Lipinski definition) is 1. The van der Waals surface area contributed by atoms with Crippen molar-refractivity contribution in [1.29, 1.82) is 0 Å². The summed E-state index contributed by atoms with van der Waals surface area (Å²) in [5, 5.41) is 3.48. The molecule has 0 fully saturated rings. The third-order valence-corrected chi connectivity index (χ3v) is 3.51. The average molecular weight is 241 g/mol. The molecule has 0 saturated heterocycles. The maximum absolute atomic E-state index is 13.2. The molecule has 1 aliphatic rings. The van der Waals surface area contributed by atoms with Gasteiger partial charge in [0.05, 0.1) is 0 Å². The van der Waals surface area contributed by atoms with E-state index in [9.17, 15) is 4.39 Å². The molecule has 1 heterocycles. The highest BCUT2D eigenvalue weighted by molar-refractivity contribution is 5.69. The van der Waals surface area contributed by atoms with Crippen molar-refractivity contribution in [3.05, 3.63) is 53.8 Å². The van der Waals surface area contributed by atoms with Crippen LogP contribution in [0.25, 0.3) is 11.1 Å². The topological polar surface area (TPSA) is 12.0 Å². The van der Waals surface area contributed by atoms with Crippen LogP contribution >= 0.6 is 0 Å². The second kappa shape index (κ2) is 4.45. The lowest BCUT2D eigenvalue weighted by molar-refractivity contribution is 0.628. The van der Waals surface area contributed by atoms with Crippen LogP contribution in [0.2, 0.25) is 0 Å². The number of aryl methyl sites for hydroxylation is 1. The molecule has 0 radical (unpaired) electrons. The van der Waals surface area contributed by atoms with Gasteiger partial charge in [-0.2, -0.15) is 0 Å². The molecule has 18 heavy (non-hydrogen) atoms. The lowest BCUT2D eigenvalue weighted by Crippen LogP contribution is -2.21. The Hall–Kier alpha value is -1.83. The molecular formula is C16H16FN. The normalized spacial score (nSPS) is 18.0. The van der Waals surface area contributed by atoms with Crippen LogP contribution in [0.3, 0.4) is 0 Å². The molecule has 1 N–H and O–H groups in total. The number of rotatable bonds is 1. The van der Waals surface area contributed by atoms with E-state index < -0.39 is 0 Å². The van der Waals surface area contributed by atoms with E-state index in [1.165, 1.54) is 17.3 Å². The second-order valence-electron chi connectivity index (χ2n) is 4.97. The van der Waals surface area contributed by atoms with Crippen LogP contribution in [-0.2, 0) is 6.42 Å². The van der Waals surface area contributed by atoms with Crippen molar-refractivity contribution in [3.8, 4) is 11.1 Å². The standard InChI is InChI=1S/C16H16FN/c1-11-5-6-14-9-13(7-8-16(14)18-11)12-3-2-4-15(17)10-12/h2-4,7-11,18H,5-6H2,1H3. The van der Waals surface area contributed by atoms with E-state index in [4.69, 9.17) is 0 Å². The molecule has 0 bridgehead atoms. The van der Waals surface area contributed by atoms with E-state index >= 15 is 0 Å². The largest absolute Gasteiger partial charge is 0.382 e. The average Bonchev–Trinajstić information content (AvgIpc) is 2.38. The summed E-state index contributed by atoms with van der Waals surface area (Å²) in [5.41, 5.74) is 4.57. The molecule has 1 nitrogen and oxygen atoms in total. The van der Waals surface area contributed by atoms with Gasteiger partial charge < -0.3 is 5.32 Å². The Labute approximate surface area is 107 Å². The molecule has 0 amide bonds. The van der Waals surface area contributed by atoms with Gasteiger partial charge >= 0.3 is 0 Å². The summed E-state index contributed by atoms with van der Waals surface area (Å²) in [5.74, 6) is -0.183. The lowest BCUT2D eigenvalue weighted by Gasteiger charge is -2.24. The van der Waals surface area contributed by atoms with Crippen molar-refractivity contribution in [1.82, 2.24) is 0 Å². The van der Waals surface area contributed by atoms with Gasteiger partial charge in [0.15, 0.2) is 0 Å². The quantitative estimate of drug-likeness (QED) is 0.787. The first-order chi connectivity index (χ1) is 8.72. The lowest BCUT2D eigenvalue weighted by atomic mass is 9.95. The summed E-state index contributed by atoms with van der Waals surface area (Å²) in [6.07, 6.45) is 2.24. The highest BCUT2D eigenvalue weighted by atomic mass is 19.1. The van der Waals surface area contributed by atoms with E-state index in [0.717, 1.165) is 24.0 Å². The Morgan fingerprint density at radius 2 is 1.94 bits per heavy atom. The zero-order chi connectivity index (χ0) is 12.5. The highest BCUT2D eigenvalue weighted by Crippen LogP contribution is 2.30. The number of fused-ring (bicyclic) bond motifs is 1. The van der Waals surface area contributed by atoms with Crippen LogP contribution in [-0.4, -0.2) is 6.04 Å². The number of benzene rings is 2. The molecule has 1 aliphatic heterocycles. The fourth-order valence-corrected chi connectivity index (χ4v) is 2.50. The third-order valence-electron chi connectivity index (χ3n) is 3.51. The van der Waals surface area contributed by atoms with Crippen molar-refractivity contribution in [2.75, 3.05) is 5.32 Å². The zero-order valence-electron chi connectivity index (χ0n) is 10.4. The van der Waals surface area contributed by atoms with E-state index in [-0.39, 0.29) is 5.82 Å². The minimum absolute atomic E-state index is 0.183. The van der Waals surface area contributed by atoms with Crippen molar-refractivity contribution < 1.29 is 4.39 Å². The first-order valence-corrected chi connectivity index (χ1v) is 6.38. The number of nitrogens with one attached hydrogen (secondary N) is 1. The van der Waals surface area contributed by atoms with E-state index in [2.05, 4.69) is 30.4 Å². The molecule has 0 aromatic heterocycles. The maximum atomic E-state index is 13.2. The van der Waals surface area contributed by atoms with Gasteiger partial charge in [0.25, 0.3) is 0 Å². The van der Waals surface area contributed by atoms with Gasteiger partial charge in [-0.15, -0.1) is 0 Å². The summed E-state index contributed by atoms with van der Waals surface area (Å²) in [7, 11) is 0. The maximum Gasteiger partial charge on any atom is 0.123 e. The van der Waals surface area contributed by atoms with Gasteiger partial charge in [0, 0.05) is 11.7 Å². The Morgan fingerprint density at radius 3 is 2.78 bits per heavy atom. The summed E-state index contributed by atoms with van der Waals surface area (Å²) < 4.78 is 13.2. The number of anilines is 1. The molecule has 0 saturated carbocycles. The van der Waals surface area contributed by atoms with Gasteiger partial charge in [0.2, 0.25) is 0 Å². The Kier molecular flexibility index (Phi) is 2.78. The summed E-state index contributed by atoms with van der Waals surface area (Å²) >= 11 is 0. The van der Waals surface area contributed by atoms with Crippen LogP contribution in [0.1, 0.15) is 18.9 Å². The van der Waals surface area contributed by atoms with Gasteiger partial charge in [-0.25, -0.2) is 4.39 Å². The predicted molar refractivity (Wildman–Crippen MR) is 73.2 cm³/mol. The van der Waals surface area contributed by atoms with Gasteiger partial charge in [-0.1, -0.05) is 18.2 Å². The summed E-state index contributed by atoms with van der Waals surface area (Å²) in [6, 6.07) is 13.6. The van der Waals surface area contributed by atoms with Gasteiger partial charge in [-0.3, -0.25) is 0 Å². The van der Waals surface area contributed by atoms with Gasteiger partial charge in [0.1, 0.15) is 5.82 Å². The third kappa shape index (κ3) is 2.10. The van der Waals surface area contributed by atoms with Crippen LogP contribution in [0, 0.1) is 5.82 Å². The first kappa shape index (κ1) is 11.3. The smallest absolute Gasteiger partial charge is 0.123 e. The van der Waals surface area contributed by atoms with E-state index in [0.29, 0.717) is 6.04 Å². The summed E-state index contributed by atoms with van der Waals surface area (Å²) in [4.78, 5) is 0. The number of halogens is 1. The number of hydrogen-bond donors (Lipinski definition) is 1. The Balaban J connectivity index is 2.00. The molecule has 0 aliphatic carbocycles. The monoisotopic (exact) mass is 241 g/mol. The highest BCUT2D eigenvalue weighted by Gasteiger charge is 2.14. The van der Waals surface area contributed by atoms with Crippen molar-refractivity contribution in [2.45, 2.75) is 25.8 Å². The van der Waals surface area contributed by atoms with E-state index in [1.54, 1.807) is 12.1 Å². The second-order valence-corrected chi connectivity index (χ2v) is 4.97. The molecule has 1 unspecified atom stereocenters. The van der Waals surface area contributed by atoms with Crippen molar-refractivity contribution >= 4 is 5.69 Å². The molecule has 2 heteroatoms. The van der Waals surface area contributed by atoms with Crippen LogP contribution in [0.5, 0.6) is 0 Å². The zero-order valence-corrected chi connectivity index (χ0v) is 10.4. The molecule has 92 valence electrons. The molecule has 2 aromatic carbocycles. The van der Waals surface area contributed by atoms with Gasteiger partial charge in [-0.05, 0) is 60.7 Å². The SMILES string of the molecule is CC1CCc2cc(-c3cccc(F)c3)ccc2N1. The van der Waals surface area contributed by atoms with Crippen LogP contribution in [0.4, 0.5) is 10.1 Å². The van der Waals surface area contributed by atoms with Crippen LogP contribution in [0.15, 0.2) is 42.5 Å². The van der Waals surface area contributed by atoms with Crippen molar-refractivity contribution in [2.24, 2.45) is 0 Å². The van der Waals surface area contributed by atoms with E-state index in [1.807, 2.05) is 6.07 Å². The predicted octanol–water partition coefficient (Wildman–Crippen LogP) is 4.24. The summed E-state index contributed by atoms with van der Waals surface area (Å²) in [6.45, 7) is 2.20. The minimum Gasteiger partial charge on any atom is -0.382 e. The molecule has 1 atom stereocenters. The fourth-order valence-electron chi connectivity index (χ4n) is 2.50. The molecular weight excluding hydrogens is 225 g/mol. The fraction of sp³-hybridized carbons (Fsp3) is 0.250. The van der Waals surface area contributed by atoms with Crippen molar-refractivity contribution in [3.63, 3.8) is 0 Å². The molecule has 0 spiro atoms. The first-order valence-electron chi connectivity index (χ1n) is 6.38. The van der Waals surface area contributed by atoms with Crippen LogP contribution < -0.4 is 5.32 Å². The molecule has 2 aromatic rings.